The Bertz CT molecular complexity index is 736. The van der Waals surface area contributed by atoms with Gasteiger partial charge in [-0.05, 0) is 29.8 Å². The minimum absolute atomic E-state index is 0.233. The monoisotopic (exact) mass is 271 g/mol. The van der Waals surface area contributed by atoms with Gasteiger partial charge >= 0.3 is 0 Å². The summed E-state index contributed by atoms with van der Waals surface area (Å²) in [7, 11) is 0. The fourth-order valence-electron chi connectivity index (χ4n) is 2.08. The highest BCUT2D eigenvalue weighted by molar-refractivity contribution is 5.81. The number of rotatable bonds is 4. The molecule has 3 aromatic rings. The van der Waals surface area contributed by atoms with E-state index in [0.29, 0.717) is 6.54 Å². The Morgan fingerprint density at radius 3 is 2.80 bits per heavy atom. The number of fused-ring (bicyclic) bond motifs is 1. The fourth-order valence-corrected chi connectivity index (χ4v) is 2.08. The van der Waals surface area contributed by atoms with Crippen LogP contribution in [0.3, 0.4) is 0 Å². The zero-order valence-electron chi connectivity index (χ0n) is 10.8. The number of benzene rings is 2. The molecular formula is C16H14FNO2. The van der Waals surface area contributed by atoms with Gasteiger partial charge in [-0.15, -0.1) is 0 Å². The highest BCUT2D eigenvalue weighted by Gasteiger charge is 2.08. The summed E-state index contributed by atoms with van der Waals surface area (Å²) >= 11 is 0. The molecule has 2 aromatic carbocycles. The van der Waals surface area contributed by atoms with Gasteiger partial charge < -0.3 is 14.9 Å². The van der Waals surface area contributed by atoms with Gasteiger partial charge in [0.05, 0.1) is 6.26 Å². The lowest BCUT2D eigenvalue weighted by Gasteiger charge is -2.06. The van der Waals surface area contributed by atoms with Gasteiger partial charge in [0.25, 0.3) is 0 Å². The quantitative estimate of drug-likeness (QED) is 0.788. The first-order valence-corrected chi connectivity index (χ1v) is 6.34. The number of ether oxygens (including phenoxy) is 1. The maximum absolute atomic E-state index is 13.5. The average Bonchev–Trinajstić information content (AvgIpc) is 2.88. The molecule has 1 aromatic heterocycles. The Kier molecular flexibility index (Phi) is 3.39. The van der Waals surface area contributed by atoms with Crippen LogP contribution in [0.1, 0.15) is 11.1 Å². The number of nitrogens with two attached hydrogens (primary N) is 1. The Morgan fingerprint density at radius 1 is 1.15 bits per heavy atom. The van der Waals surface area contributed by atoms with E-state index < -0.39 is 0 Å². The number of para-hydroxylation sites is 1. The van der Waals surface area contributed by atoms with Crippen molar-refractivity contribution in [3.05, 3.63) is 65.7 Å². The van der Waals surface area contributed by atoms with E-state index >= 15 is 0 Å². The van der Waals surface area contributed by atoms with Crippen LogP contribution in [0.25, 0.3) is 11.0 Å². The normalized spacial score (nSPS) is 10.9. The smallest absolute Gasteiger partial charge is 0.165 e. The van der Waals surface area contributed by atoms with Crippen molar-refractivity contribution in [3.63, 3.8) is 0 Å². The van der Waals surface area contributed by atoms with Gasteiger partial charge in [-0.1, -0.05) is 18.2 Å². The predicted octanol–water partition coefficient (Wildman–Crippen LogP) is 3.61. The summed E-state index contributed by atoms with van der Waals surface area (Å²) in [5, 5.41) is 0.948. The molecule has 0 fully saturated rings. The van der Waals surface area contributed by atoms with Crippen LogP contribution in [0, 0.1) is 5.82 Å². The van der Waals surface area contributed by atoms with Gasteiger partial charge in [0.1, 0.15) is 12.2 Å². The molecule has 0 spiro atoms. The lowest BCUT2D eigenvalue weighted by molar-refractivity contribution is 0.290. The molecule has 0 aliphatic carbocycles. The highest BCUT2D eigenvalue weighted by Crippen LogP contribution is 2.24. The number of hydrogen-bond acceptors (Lipinski definition) is 3. The van der Waals surface area contributed by atoms with Crippen LogP contribution in [-0.2, 0) is 13.2 Å². The molecule has 0 unspecified atom stereocenters. The van der Waals surface area contributed by atoms with Crippen molar-refractivity contribution in [2.45, 2.75) is 13.2 Å². The molecule has 0 radical (unpaired) electrons. The van der Waals surface area contributed by atoms with E-state index in [1.807, 2.05) is 18.2 Å². The molecule has 0 saturated carbocycles. The topological polar surface area (TPSA) is 48.4 Å². The van der Waals surface area contributed by atoms with Crippen molar-refractivity contribution in [1.82, 2.24) is 0 Å². The van der Waals surface area contributed by atoms with Crippen LogP contribution in [-0.4, -0.2) is 0 Å². The third kappa shape index (κ3) is 2.38. The lowest BCUT2D eigenvalue weighted by atomic mass is 10.1. The van der Waals surface area contributed by atoms with Crippen molar-refractivity contribution < 1.29 is 13.5 Å². The second-order valence-corrected chi connectivity index (χ2v) is 4.51. The van der Waals surface area contributed by atoms with Crippen LogP contribution in [0.4, 0.5) is 4.39 Å². The van der Waals surface area contributed by atoms with Gasteiger partial charge in [0.2, 0.25) is 0 Å². The first-order chi connectivity index (χ1) is 9.78. The molecule has 0 atom stereocenters. The van der Waals surface area contributed by atoms with E-state index in [0.717, 1.165) is 22.1 Å². The SMILES string of the molecule is NCc1ccc2occ(COc3ccccc3F)c2c1. The van der Waals surface area contributed by atoms with Gasteiger partial charge in [0, 0.05) is 17.5 Å². The molecule has 0 bridgehead atoms. The Labute approximate surface area is 115 Å². The molecule has 3 nitrogen and oxygen atoms in total. The Morgan fingerprint density at radius 2 is 2.00 bits per heavy atom. The van der Waals surface area contributed by atoms with Crippen molar-refractivity contribution in [1.29, 1.82) is 0 Å². The van der Waals surface area contributed by atoms with E-state index in [-0.39, 0.29) is 18.2 Å². The first-order valence-electron chi connectivity index (χ1n) is 6.34. The maximum atomic E-state index is 13.5. The van der Waals surface area contributed by atoms with Gasteiger partial charge in [-0.25, -0.2) is 4.39 Å². The van der Waals surface area contributed by atoms with E-state index in [9.17, 15) is 4.39 Å². The highest BCUT2D eigenvalue weighted by atomic mass is 19.1. The summed E-state index contributed by atoms with van der Waals surface area (Å²) in [6.07, 6.45) is 1.63. The third-order valence-corrected chi connectivity index (χ3v) is 3.17. The van der Waals surface area contributed by atoms with Crippen LogP contribution in [0.15, 0.2) is 53.1 Å². The molecular weight excluding hydrogens is 257 g/mol. The molecule has 4 heteroatoms. The van der Waals surface area contributed by atoms with Gasteiger partial charge in [-0.3, -0.25) is 0 Å². The van der Waals surface area contributed by atoms with Crippen molar-refractivity contribution in [3.8, 4) is 5.75 Å². The predicted molar refractivity (Wildman–Crippen MR) is 74.8 cm³/mol. The first kappa shape index (κ1) is 12.7. The van der Waals surface area contributed by atoms with E-state index in [4.69, 9.17) is 14.9 Å². The zero-order valence-corrected chi connectivity index (χ0v) is 10.8. The molecule has 2 N–H and O–H groups in total. The van der Waals surface area contributed by atoms with Crippen molar-refractivity contribution >= 4 is 11.0 Å². The molecule has 1 heterocycles. The van der Waals surface area contributed by atoms with Crippen LogP contribution in [0.5, 0.6) is 5.75 Å². The average molecular weight is 271 g/mol. The van der Waals surface area contributed by atoms with E-state index in [2.05, 4.69) is 0 Å². The molecule has 0 amide bonds. The molecule has 0 saturated heterocycles. The summed E-state index contributed by atoms with van der Waals surface area (Å²) in [6.45, 7) is 0.719. The maximum Gasteiger partial charge on any atom is 0.165 e. The summed E-state index contributed by atoms with van der Waals surface area (Å²) in [6, 6.07) is 12.1. The molecule has 0 aliphatic heterocycles. The van der Waals surface area contributed by atoms with Crippen LogP contribution < -0.4 is 10.5 Å². The lowest BCUT2D eigenvalue weighted by Crippen LogP contribution is -1.98. The van der Waals surface area contributed by atoms with E-state index in [1.165, 1.54) is 6.07 Å². The fraction of sp³-hybridized carbons (Fsp3) is 0.125. The standard InChI is InChI=1S/C16H14FNO2/c17-14-3-1-2-4-16(14)20-10-12-9-19-15-6-5-11(8-18)7-13(12)15/h1-7,9H,8,10,18H2. The molecule has 102 valence electrons. The van der Waals surface area contributed by atoms with Crippen molar-refractivity contribution in [2.24, 2.45) is 5.73 Å². The molecule has 3 rings (SSSR count). The Balaban J connectivity index is 1.86. The molecule has 20 heavy (non-hydrogen) atoms. The number of halogens is 1. The van der Waals surface area contributed by atoms with Crippen LogP contribution in [0.2, 0.25) is 0 Å². The zero-order chi connectivity index (χ0) is 13.9. The Hall–Kier alpha value is -2.33. The van der Waals surface area contributed by atoms with Crippen molar-refractivity contribution in [2.75, 3.05) is 0 Å². The number of hydrogen-bond donors (Lipinski definition) is 1. The van der Waals surface area contributed by atoms with Crippen LogP contribution >= 0.6 is 0 Å². The van der Waals surface area contributed by atoms with E-state index in [1.54, 1.807) is 24.5 Å². The molecule has 0 aliphatic rings. The second-order valence-electron chi connectivity index (χ2n) is 4.51. The second kappa shape index (κ2) is 5.35. The summed E-state index contributed by atoms with van der Waals surface area (Å²) in [5.41, 5.74) is 8.30. The summed E-state index contributed by atoms with van der Waals surface area (Å²) in [4.78, 5) is 0. The van der Waals surface area contributed by atoms with Gasteiger partial charge in [0.15, 0.2) is 11.6 Å². The number of furan rings is 1. The minimum atomic E-state index is -0.372. The minimum Gasteiger partial charge on any atom is -0.486 e. The summed E-state index contributed by atoms with van der Waals surface area (Å²) in [5.74, 6) is -0.139. The van der Waals surface area contributed by atoms with Gasteiger partial charge in [-0.2, -0.15) is 0 Å². The summed E-state index contributed by atoms with van der Waals surface area (Å²) < 4.78 is 24.4. The largest absolute Gasteiger partial charge is 0.486 e. The third-order valence-electron chi connectivity index (χ3n) is 3.17.